The van der Waals surface area contributed by atoms with E-state index in [1.54, 1.807) is 6.92 Å². The standard InChI is InChI=1S/C34H52O7/c1-9-27(36)40-21(4)31(5)14-10-15-32(6)23(31)13-16-33(7)24-12-11-22-20(3)39-30(38)29(22)34(24,8)26(18-25(32)33)41-28(37)17-19(2)35/h19-21,23-26,35H,9-18H2,1-8H3/t19?,20-,21?,23?,24-,25?,26-,31+,32-,33-,34+/m0/s1. The topological polar surface area (TPSA) is 99.1 Å². The Morgan fingerprint density at radius 3 is 2.34 bits per heavy atom. The van der Waals surface area contributed by atoms with Crippen LogP contribution in [0.3, 0.4) is 0 Å². The van der Waals surface area contributed by atoms with Crippen molar-refractivity contribution in [3.8, 4) is 0 Å². The van der Waals surface area contributed by atoms with Crippen molar-refractivity contribution in [2.75, 3.05) is 0 Å². The summed E-state index contributed by atoms with van der Waals surface area (Å²) in [6, 6.07) is 0. The van der Waals surface area contributed by atoms with Gasteiger partial charge in [-0.3, -0.25) is 9.59 Å². The molecule has 4 unspecified atom stereocenters. The molecule has 5 rings (SSSR count). The first kappa shape index (κ1) is 30.6. The zero-order chi connectivity index (χ0) is 30.1. The van der Waals surface area contributed by atoms with E-state index in [9.17, 15) is 19.5 Å². The summed E-state index contributed by atoms with van der Waals surface area (Å²) >= 11 is 0. The second-order valence-corrected chi connectivity index (χ2v) is 15.1. The number of hydrogen-bond donors (Lipinski definition) is 1. The summed E-state index contributed by atoms with van der Waals surface area (Å²) in [5.74, 6) is 0.00309. The normalized spacial score (nSPS) is 44.9. The molecule has 7 nitrogen and oxygen atoms in total. The lowest BCUT2D eigenvalue weighted by Gasteiger charge is -2.70. The molecule has 5 aliphatic rings. The van der Waals surface area contributed by atoms with E-state index in [2.05, 4.69) is 34.6 Å². The molecule has 0 bridgehead atoms. The summed E-state index contributed by atoms with van der Waals surface area (Å²) in [7, 11) is 0. The van der Waals surface area contributed by atoms with Crippen LogP contribution in [-0.2, 0) is 28.6 Å². The third-order valence-electron chi connectivity index (χ3n) is 13.0. The van der Waals surface area contributed by atoms with Gasteiger partial charge in [0.25, 0.3) is 0 Å². The fraction of sp³-hybridized carbons (Fsp3) is 0.853. The lowest BCUT2D eigenvalue weighted by Crippen LogP contribution is -2.67. The molecule has 0 aromatic rings. The Morgan fingerprint density at radius 2 is 1.68 bits per heavy atom. The van der Waals surface area contributed by atoms with Crippen LogP contribution in [0.25, 0.3) is 0 Å². The van der Waals surface area contributed by atoms with Crippen molar-refractivity contribution in [1.82, 2.24) is 0 Å². The summed E-state index contributed by atoms with van der Waals surface area (Å²) in [5.41, 5.74) is 0.979. The van der Waals surface area contributed by atoms with Gasteiger partial charge >= 0.3 is 17.9 Å². The average molecular weight is 573 g/mol. The number of esters is 3. The Labute approximate surface area is 246 Å². The molecule has 4 aliphatic carbocycles. The fourth-order valence-corrected chi connectivity index (χ4v) is 11.0. The summed E-state index contributed by atoms with van der Waals surface area (Å²) < 4.78 is 18.1. The summed E-state index contributed by atoms with van der Waals surface area (Å²) in [6.45, 7) is 16.8. The van der Waals surface area contributed by atoms with E-state index in [0.29, 0.717) is 18.8 Å². The van der Waals surface area contributed by atoms with Gasteiger partial charge in [-0.2, -0.15) is 0 Å². The summed E-state index contributed by atoms with van der Waals surface area (Å²) in [5, 5.41) is 9.97. The van der Waals surface area contributed by atoms with E-state index in [1.807, 2.05) is 13.8 Å². The van der Waals surface area contributed by atoms with Gasteiger partial charge in [-0.25, -0.2) is 4.79 Å². The van der Waals surface area contributed by atoms with Crippen LogP contribution in [0.1, 0.15) is 120 Å². The van der Waals surface area contributed by atoms with Crippen LogP contribution in [-0.4, -0.2) is 47.4 Å². The maximum atomic E-state index is 13.4. The van der Waals surface area contributed by atoms with E-state index >= 15 is 0 Å². The van der Waals surface area contributed by atoms with Crippen molar-refractivity contribution in [2.24, 2.45) is 39.4 Å². The van der Waals surface area contributed by atoms with Crippen molar-refractivity contribution in [2.45, 2.75) is 144 Å². The highest BCUT2D eigenvalue weighted by Crippen LogP contribution is 2.74. The van der Waals surface area contributed by atoms with Crippen LogP contribution in [0.4, 0.5) is 0 Å². The van der Waals surface area contributed by atoms with Crippen LogP contribution in [0.5, 0.6) is 0 Å². The molecular weight excluding hydrogens is 520 g/mol. The second kappa shape index (κ2) is 10.4. The molecule has 0 spiro atoms. The monoisotopic (exact) mass is 572 g/mol. The second-order valence-electron chi connectivity index (χ2n) is 15.1. The minimum atomic E-state index is -0.791. The molecule has 41 heavy (non-hydrogen) atoms. The number of ether oxygens (including phenoxy) is 3. The molecule has 230 valence electrons. The Hall–Kier alpha value is -1.89. The number of fused-ring (bicyclic) bond motifs is 6. The quantitative estimate of drug-likeness (QED) is 0.294. The van der Waals surface area contributed by atoms with Crippen LogP contribution < -0.4 is 0 Å². The van der Waals surface area contributed by atoms with Gasteiger partial charge < -0.3 is 19.3 Å². The van der Waals surface area contributed by atoms with Crippen LogP contribution in [0, 0.1) is 39.4 Å². The molecule has 0 aromatic heterocycles. The Kier molecular flexibility index (Phi) is 7.74. The number of aliphatic hydroxyl groups is 1. The largest absolute Gasteiger partial charge is 0.462 e. The Balaban J connectivity index is 1.57. The first-order valence-corrected chi connectivity index (χ1v) is 16.1. The smallest absolute Gasteiger partial charge is 0.335 e. The molecule has 1 aliphatic heterocycles. The summed E-state index contributed by atoms with van der Waals surface area (Å²) in [6.07, 6.45) is 6.36. The lowest BCUT2D eigenvalue weighted by atomic mass is 9.34. The number of carbonyl (C=O) groups is 3. The average Bonchev–Trinajstić information content (AvgIpc) is 3.18. The van der Waals surface area contributed by atoms with Gasteiger partial charge in [0.15, 0.2) is 0 Å². The highest BCUT2D eigenvalue weighted by molar-refractivity contribution is 5.94. The zero-order valence-corrected chi connectivity index (χ0v) is 26.5. The molecule has 1 N–H and O–H groups in total. The van der Waals surface area contributed by atoms with Gasteiger partial charge in [0.05, 0.1) is 12.5 Å². The lowest BCUT2D eigenvalue weighted by molar-refractivity contribution is -0.237. The number of rotatable bonds is 6. The SMILES string of the molecule is CCC(=O)OC(C)[C@@]1(C)CCC[C@@]2(C)C1CC[C@]1(C)C2C[C@H](OC(=O)CC(C)O)[C@]2(C)C3=C(CC[C@H]21)[C@H](C)OC3=O. The molecule has 3 saturated carbocycles. The van der Waals surface area contributed by atoms with Gasteiger partial charge in [-0.15, -0.1) is 0 Å². The molecule has 11 atom stereocenters. The van der Waals surface area contributed by atoms with Gasteiger partial charge in [-0.05, 0) is 99.9 Å². The third kappa shape index (κ3) is 4.50. The van der Waals surface area contributed by atoms with E-state index < -0.39 is 23.6 Å². The van der Waals surface area contributed by atoms with E-state index in [-0.39, 0.29) is 58.6 Å². The maximum absolute atomic E-state index is 13.4. The van der Waals surface area contributed by atoms with Crippen LogP contribution in [0.2, 0.25) is 0 Å². The Morgan fingerprint density at radius 1 is 1.00 bits per heavy atom. The van der Waals surface area contributed by atoms with Crippen molar-refractivity contribution in [3.05, 3.63) is 11.1 Å². The zero-order valence-electron chi connectivity index (χ0n) is 26.5. The molecule has 0 amide bonds. The molecule has 3 fully saturated rings. The maximum Gasteiger partial charge on any atom is 0.335 e. The number of aliphatic hydroxyl groups excluding tert-OH is 1. The molecule has 0 saturated heterocycles. The predicted molar refractivity (Wildman–Crippen MR) is 154 cm³/mol. The summed E-state index contributed by atoms with van der Waals surface area (Å²) in [4.78, 5) is 38.9. The van der Waals surface area contributed by atoms with E-state index in [4.69, 9.17) is 14.2 Å². The minimum Gasteiger partial charge on any atom is -0.462 e. The van der Waals surface area contributed by atoms with Crippen molar-refractivity contribution in [3.63, 3.8) is 0 Å². The Bertz CT molecular complexity index is 1130. The van der Waals surface area contributed by atoms with E-state index in [1.165, 1.54) is 0 Å². The van der Waals surface area contributed by atoms with Crippen molar-refractivity contribution < 1.29 is 33.7 Å². The van der Waals surface area contributed by atoms with Crippen LogP contribution >= 0.6 is 0 Å². The van der Waals surface area contributed by atoms with Gasteiger partial charge in [-0.1, -0.05) is 41.0 Å². The van der Waals surface area contributed by atoms with Crippen LogP contribution in [0.15, 0.2) is 11.1 Å². The molecule has 7 heteroatoms. The van der Waals surface area contributed by atoms with E-state index in [0.717, 1.165) is 56.1 Å². The van der Waals surface area contributed by atoms with Crippen molar-refractivity contribution in [1.29, 1.82) is 0 Å². The number of carbonyl (C=O) groups excluding carboxylic acids is 3. The van der Waals surface area contributed by atoms with Gasteiger partial charge in [0, 0.05) is 22.8 Å². The highest BCUT2D eigenvalue weighted by Gasteiger charge is 2.70. The third-order valence-corrected chi connectivity index (χ3v) is 13.0. The van der Waals surface area contributed by atoms with Gasteiger partial charge in [0.2, 0.25) is 0 Å². The minimum absolute atomic E-state index is 0.0265. The van der Waals surface area contributed by atoms with Crippen molar-refractivity contribution >= 4 is 17.9 Å². The highest BCUT2D eigenvalue weighted by atomic mass is 16.6. The number of cyclic esters (lactones) is 1. The fourth-order valence-electron chi connectivity index (χ4n) is 11.0. The molecule has 1 heterocycles. The molecule has 0 aromatic carbocycles. The van der Waals surface area contributed by atoms with Gasteiger partial charge in [0.1, 0.15) is 18.3 Å². The first-order chi connectivity index (χ1) is 19.1. The molecular formula is C34H52O7. The molecule has 0 radical (unpaired) electrons. The first-order valence-electron chi connectivity index (χ1n) is 16.1. The number of hydrogen-bond acceptors (Lipinski definition) is 7. The predicted octanol–water partition coefficient (Wildman–Crippen LogP) is 6.30.